The molecule has 4 heteroatoms. The number of anilines is 1. The zero-order valence-electron chi connectivity index (χ0n) is 10.2. The summed E-state index contributed by atoms with van der Waals surface area (Å²) in [6.07, 6.45) is 0.982. The predicted octanol–water partition coefficient (Wildman–Crippen LogP) is 4.54. The van der Waals surface area contributed by atoms with E-state index in [0.29, 0.717) is 16.6 Å². The van der Waals surface area contributed by atoms with Crippen LogP contribution in [-0.2, 0) is 13.0 Å². The Labute approximate surface area is 122 Å². The van der Waals surface area contributed by atoms with Gasteiger partial charge in [-0.1, -0.05) is 41.4 Å². The molecule has 1 heterocycles. The number of nitrogens with one attached hydrogen (secondary N) is 1. The van der Waals surface area contributed by atoms with Gasteiger partial charge in [0.05, 0.1) is 22.3 Å². The molecule has 0 bridgehead atoms. The average Bonchev–Trinajstić information content (AvgIpc) is 2.85. The van der Waals surface area contributed by atoms with Gasteiger partial charge >= 0.3 is 0 Å². The summed E-state index contributed by atoms with van der Waals surface area (Å²) in [6, 6.07) is 11.7. The lowest BCUT2D eigenvalue weighted by molar-refractivity contribution is 0.357. The van der Waals surface area contributed by atoms with E-state index in [0.717, 1.165) is 24.5 Å². The molecule has 0 unspecified atom stereocenters. The number of ether oxygens (including phenoxy) is 1. The van der Waals surface area contributed by atoms with Crippen molar-refractivity contribution in [3.63, 3.8) is 0 Å². The summed E-state index contributed by atoms with van der Waals surface area (Å²) in [7, 11) is 0. The Hall–Kier alpha value is -1.38. The monoisotopic (exact) mass is 293 g/mol. The molecule has 19 heavy (non-hydrogen) atoms. The molecule has 0 aliphatic carbocycles. The number of para-hydroxylation sites is 1. The van der Waals surface area contributed by atoms with Crippen LogP contribution in [-0.4, -0.2) is 6.61 Å². The summed E-state index contributed by atoms with van der Waals surface area (Å²) in [5.74, 6) is 1.000. The number of hydrogen-bond acceptors (Lipinski definition) is 2. The summed E-state index contributed by atoms with van der Waals surface area (Å²) < 4.78 is 5.49. The summed E-state index contributed by atoms with van der Waals surface area (Å²) >= 11 is 12.2. The van der Waals surface area contributed by atoms with E-state index in [-0.39, 0.29) is 0 Å². The topological polar surface area (TPSA) is 21.3 Å². The summed E-state index contributed by atoms with van der Waals surface area (Å²) in [5, 5.41) is 4.56. The van der Waals surface area contributed by atoms with Gasteiger partial charge in [-0.15, -0.1) is 0 Å². The standard InChI is InChI=1S/C15H13Cl2NO/c16-12-2-1-3-13(17)15(12)18-9-10-4-5-14-11(8-10)6-7-19-14/h1-5,8,18H,6-7,9H2. The summed E-state index contributed by atoms with van der Waals surface area (Å²) in [6.45, 7) is 1.47. The second-order valence-electron chi connectivity index (χ2n) is 4.49. The molecule has 0 radical (unpaired) electrons. The molecular weight excluding hydrogens is 281 g/mol. The highest BCUT2D eigenvalue weighted by atomic mass is 35.5. The third-order valence-corrected chi connectivity index (χ3v) is 3.82. The van der Waals surface area contributed by atoms with Crippen LogP contribution in [0.1, 0.15) is 11.1 Å². The zero-order chi connectivity index (χ0) is 13.2. The lowest BCUT2D eigenvalue weighted by Gasteiger charge is -2.11. The van der Waals surface area contributed by atoms with Crippen LogP contribution < -0.4 is 10.1 Å². The Balaban J connectivity index is 1.76. The van der Waals surface area contributed by atoms with Gasteiger partial charge in [0, 0.05) is 13.0 Å². The molecule has 2 aromatic rings. The molecule has 1 aliphatic heterocycles. The quantitative estimate of drug-likeness (QED) is 0.897. The average molecular weight is 294 g/mol. The molecule has 0 atom stereocenters. The Bertz CT molecular complexity index is 593. The number of halogens is 2. The van der Waals surface area contributed by atoms with E-state index in [1.807, 2.05) is 24.3 Å². The van der Waals surface area contributed by atoms with Gasteiger partial charge in [-0.25, -0.2) is 0 Å². The van der Waals surface area contributed by atoms with Gasteiger partial charge in [-0.3, -0.25) is 0 Å². The Morgan fingerprint density at radius 2 is 1.89 bits per heavy atom. The van der Waals surface area contributed by atoms with E-state index < -0.39 is 0 Å². The van der Waals surface area contributed by atoms with Gasteiger partial charge in [0.2, 0.25) is 0 Å². The third kappa shape index (κ3) is 2.65. The minimum atomic E-state index is 0.636. The first-order valence-electron chi connectivity index (χ1n) is 6.16. The largest absolute Gasteiger partial charge is 0.493 e. The first-order chi connectivity index (χ1) is 9.24. The van der Waals surface area contributed by atoms with Crippen LogP contribution in [0.3, 0.4) is 0 Å². The van der Waals surface area contributed by atoms with Gasteiger partial charge in [0.25, 0.3) is 0 Å². The van der Waals surface area contributed by atoms with E-state index in [4.69, 9.17) is 27.9 Å². The fraction of sp³-hybridized carbons (Fsp3) is 0.200. The van der Waals surface area contributed by atoms with Gasteiger partial charge in [-0.05, 0) is 29.3 Å². The van der Waals surface area contributed by atoms with Crippen molar-refractivity contribution in [1.82, 2.24) is 0 Å². The number of rotatable bonds is 3. The van der Waals surface area contributed by atoms with Crippen molar-refractivity contribution < 1.29 is 4.74 Å². The van der Waals surface area contributed by atoms with Crippen LogP contribution in [0, 0.1) is 0 Å². The van der Waals surface area contributed by atoms with E-state index in [1.54, 1.807) is 0 Å². The van der Waals surface area contributed by atoms with Crippen molar-refractivity contribution in [2.24, 2.45) is 0 Å². The van der Waals surface area contributed by atoms with Crippen LogP contribution >= 0.6 is 23.2 Å². The van der Waals surface area contributed by atoms with E-state index in [2.05, 4.69) is 17.4 Å². The molecule has 0 fully saturated rings. The fourth-order valence-corrected chi connectivity index (χ4v) is 2.74. The number of hydrogen-bond donors (Lipinski definition) is 1. The lowest BCUT2D eigenvalue weighted by Crippen LogP contribution is -2.01. The first-order valence-corrected chi connectivity index (χ1v) is 6.92. The molecule has 0 saturated heterocycles. The van der Waals surface area contributed by atoms with Crippen LogP contribution in [0.2, 0.25) is 10.0 Å². The molecule has 0 saturated carbocycles. The molecule has 98 valence electrons. The van der Waals surface area contributed by atoms with Gasteiger partial charge in [0.1, 0.15) is 5.75 Å². The minimum Gasteiger partial charge on any atom is -0.493 e. The van der Waals surface area contributed by atoms with Crippen LogP contribution in [0.5, 0.6) is 5.75 Å². The van der Waals surface area contributed by atoms with Crippen molar-refractivity contribution in [1.29, 1.82) is 0 Å². The maximum Gasteiger partial charge on any atom is 0.122 e. The van der Waals surface area contributed by atoms with Crippen LogP contribution in [0.25, 0.3) is 0 Å². The maximum atomic E-state index is 6.12. The smallest absolute Gasteiger partial charge is 0.122 e. The van der Waals surface area contributed by atoms with Crippen LogP contribution in [0.15, 0.2) is 36.4 Å². The van der Waals surface area contributed by atoms with Gasteiger partial charge in [0.15, 0.2) is 0 Å². The van der Waals surface area contributed by atoms with E-state index in [9.17, 15) is 0 Å². The second-order valence-corrected chi connectivity index (χ2v) is 5.31. The maximum absolute atomic E-state index is 6.12. The highest BCUT2D eigenvalue weighted by molar-refractivity contribution is 6.39. The summed E-state index contributed by atoms with van der Waals surface area (Å²) in [4.78, 5) is 0. The number of benzene rings is 2. The molecule has 0 spiro atoms. The molecule has 2 nitrogen and oxygen atoms in total. The molecule has 0 aromatic heterocycles. The first kappa shape index (κ1) is 12.6. The Morgan fingerprint density at radius 3 is 2.68 bits per heavy atom. The van der Waals surface area contributed by atoms with Gasteiger partial charge in [-0.2, -0.15) is 0 Å². The lowest BCUT2D eigenvalue weighted by atomic mass is 10.1. The van der Waals surface area contributed by atoms with E-state index >= 15 is 0 Å². The predicted molar refractivity (Wildman–Crippen MR) is 79.4 cm³/mol. The second kappa shape index (κ2) is 5.32. The molecule has 2 aromatic carbocycles. The molecular formula is C15H13Cl2NO. The minimum absolute atomic E-state index is 0.636. The fourth-order valence-electron chi connectivity index (χ4n) is 2.21. The van der Waals surface area contributed by atoms with Crippen LogP contribution in [0.4, 0.5) is 5.69 Å². The van der Waals surface area contributed by atoms with Crippen molar-refractivity contribution in [3.8, 4) is 5.75 Å². The third-order valence-electron chi connectivity index (χ3n) is 3.19. The van der Waals surface area contributed by atoms with E-state index in [1.165, 1.54) is 11.1 Å². The normalized spacial score (nSPS) is 12.9. The zero-order valence-corrected chi connectivity index (χ0v) is 11.8. The summed E-state index contributed by atoms with van der Waals surface area (Å²) in [5.41, 5.74) is 3.24. The highest BCUT2D eigenvalue weighted by Gasteiger charge is 2.12. The molecule has 1 N–H and O–H groups in total. The molecule has 0 amide bonds. The van der Waals surface area contributed by atoms with Crippen molar-refractivity contribution in [2.75, 3.05) is 11.9 Å². The van der Waals surface area contributed by atoms with Crippen molar-refractivity contribution >= 4 is 28.9 Å². The highest BCUT2D eigenvalue weighted by Crippen LogP contribution is 2.31. The Kier molecular flexibility index (Phi) is 3.54. The molecule has 1 aliphatic rings. The number of fused-ring (bicyclic) bond motifs is 1. The SMILES string of the molecule is Clc1cccc(Cl)c1NCc1ccc2c(c1)CCO2. The van der Waals surface area contributed by atoms with Crippen molar-refractivity contribution in [2.45, 2.75) is 13.0 Å². The molecule has 3 rings (SSSR count). The van der Waals surface area contributed by atoms with Crippen molar-refractivity contribution in [3.05, 3.63) is 57.6 Å². The Morgan fingerprint density at radius 1 is 1.11 bits per heavy atom. The van der Waals surface area contributed by atoms with Gasteiger partial charge < -0.3 is 10.1 Å².